The summed E-state index contributed by atoms with van der Waals surface area (Å²) in [6.07, 6.45) is 3.63. The number of aliphatic imine (C=N–C) groups is 1. The number of hydrogen-bond donors (Lipinski definition) is 1. The Hall–Kier alpha value is -1.26. The van der Waals surface area contributed by atoms with Crippen molar-refractivity contribution in [2.75, 3.05) is 40.4 Å². The van der Waals surface area contributed by atoms with Gasteiger partial charge in [-0.05, 0) is 37.0 Å². The van der Waals surface area contributed by atoms with E-state index in [2.05, 4.69) is 27.3 Å². The zero-order valence-corrected chi connectivity index (χ0v) is 14.8. The Morgan fingerprint density at radius 1 is 1.39 bits per heavy atom. The fraction of sp³-hybridized carbons (Fsp3) is 0.611. The maximum Gasteiger partial charge on any atom is 0.193 e. The van der Waals surface area contributed by atoms with E-state index in [0.717, 1.165) is 37.2 Å². The van der Waals surface area contributed by atoms with Crippen molar-refractivity contribution in [3.05, 3.63) is 34.9 Å². The first kappa shape index (κ1) is 16.6. The first-order chi connectivity index (χ1) is 11.2. The third-order valence-corrected chi connectivity index (χ3v) is 5.35. The largest absolute Gasteiger partial charge is 0.384 e. The van der Waals surface area contributed by atoms with E-state index in [1.807, 2.05) is 19.2 Å². The molecule has 1 N–H and O–H groups in total. The van der Waals surface area contributed by atoms with Crippen LogP contribution in [0.15, 0.2) is 29.3 Å². The van der Waals surface area contributed by atoms with Crippen molar-refractivity contribution in [3.8, 4) is 0 Å². The number of nitrogens with one attached hydrogen (secondary N) is 1. The zero-order chi connectivity index (χ0) is 16.3. The number of methoxy groups -OCH3 is 1. The van der Waals surface area contributed by atoms with Gasteiger partial charge < -0.3 is 15.0 Å². The molecule has 0 bridgehead atoms. The number of guanidine groups is 1. The first-order valence-corrected chi connectivity index (χ1v) is 8.75. The second-order valence-corrected chi connectivity index (χ2v) is 7.18. The molecule has 5 heteroatoms. The van der Waals surface area contributed by atoms with Crippen LogP contribution in [0.2, 0.25) is 5.02 Å². The van der Waals surface area contributed by atoms with Gasteiger partial charge in [0.15, 0.2) is 5.96 Å². The van der Waals surface area contributed by atoms with Crippen LogP contribution in [-0.4, -0.2) is 51.3 Å². The molecule has 2 aliphatic rings. The second kappa shape index (κ2) is 7.10. The highest BCUT2D eigenvalue weighted by Crippen LogP contribution is 2.47. The summed E-state index contributed by atoms with van der Waals surface area (Å²) in [5.41, 5.74) is 1.63. The van der Waals surface area contributed by atoms with Crippen LogP contribution in [0.5, 0.6) is 0 Å². The van der Waals surface area contributed by atoms with Gasteiger partial charge in [-0.2, -0.15) is 0 Å². The van der Waals surface area contributed by atoms with Crippen LogP contribution >= 0.6 is 11.6 Å². The van der Waals surface area contributed by atoms with Gasteiger partial charge in [-0.25, -0.2) is 0 Å². The van der Waals surface area contributed by atoms with E-state index >= 15 is 0 Å². The van der Waals surface area contributed by atoms with Crippen molar-refractivity contribution < 1.29 is 4.74 Å². The average molecular weight is 336 g/mol. The maximum absolute atomic E-state index is 6.01. The standard InChI is InChI=1S/C18H26ClN3O/c1-20-17(22-10-7-14(11-22)12-23-2)21-13-18(8-9-18)15-3-5-16(19)6-4-15/h3-6,14H,7-13H2,1-2H3,(H,20,21). The quantitative estimate of drug-likeness (QED) is 0.664. The summed E-state index contributed by atoms with van der Waals surface area (Å²) in [6, 6.07) is 8.29. The fourth-order valence-electron chi connectivity index (χ4n) is 3.50. The van der Waals surface area contributed by atoms with Crippen LogP contribution in [0.4, 0.5) is 0 Å². The van der Waals surface area contributed by atoms with E-state index in [0.29, 0.717) is 5.92 Å². The molecule has 0 spiro atoms. The van der Waals surface area contributed by atoms with Crippen LogP contribution in [0.25, 0.3) is 0 Å². The lowest BCUT2D eigenvalue weighted by Gasteiger charge is -2.24. The first-order valence-electron chi connectivity index (χ1n) is 8.37. The maximum atomic E-state index is 6.01. The summed E-state index contributed by atoms with van der Waals surface area (Å²) in [4.78, 5) is 6.82. The van der Waals surface area contributed by atoms with Crippen molar-refractivity contribution in [3.63, 3.8) is 0 Å². The smallest absolute Gasteiger partial charge is 0.193 e. The molecule has 1 heterocycles. The molecule has 23 heavy (non-hydrogen) atoms. The van der Waals surface area contributed by atoms with Gasteiger partial charge in [0.2, 0.25) is 0 Å². The molecule has 1 aliphatic heterocycles. The number of nitrogens with zero attached hydrogens (tertiary/aromatic N) is 2. The number of hydrogen-bond acceptors (Lipinski definition) is 2. The summed E-state index contributed by atoms with van der Waals surface area (Å²) in [6.45, 7) is 3.86. The van der Waals surface area contributed by atoms with Crippen molar-refractivity contribution >= 4 is 17.6 Å². The number of benzene rings is 1. The van der Waals surface area contributed by atoms with Crippen molar-refractivity contribution in [2.45, 2.75) is 24.7 Å². The average Bonchev–Trinajstić information content (AvgIpc) is 3.21. The summed E-state index contributed by atoms with van der Waals surface area (Å²) in [5.74, 6) is 1.63. The van der Waals surface area contributed by atoms with Crippen LogP contribution in [0.1, 0.15) is 24.8 Å². The minimum Gasteiger partial charge on any atom is -0.384 e. The Morgan fingerprint density at radius 2 is 2.13 bits per heavy atom. The molecule has 4 nitrogen and oxygen atoms in total. The number of likely N-dealkylation sites (tertiary alicyclic amines) is 1. The van der Waals surface area contributed by atoms with Gasteiger partial charge in [0, 0.05) is 50.1 Å². The van der Waals surface area contributed by atoms with Gasteiger partial charge in [-0.15, -0.1) is 0 Å². The number of ether oxygens (including phenoxy) is 1. The molecule has 0 amide bonds. The van der Waals surface area contributed by atoms with Gasteiger partial charge in [-0.3, -0.25) is 4.99 Å². The molecule has 1 saturated carbocycles. The molecule has 3 rings (SSSR count). The Bertz CT molecular complexity index is 554. The second-order valence-electron chi connectivity index (χ2n) is 6.74. The van der Waals surface area contributed by atoms with Gasteiger partial charge >= 0.3 is 0 Å². The van der Waals surface area contributed by atoms with E-state index in [9.17, 15) is 0 Å². The molecular formula is C18H26ClN3O. The van der Waals surface area contributed by atoms with Gasteiger partial charge in [0.25, 0.3) is 0 Å². The van der Waals surface area contributed by atoms with Gasteiger partial charge in [0.1, 0.15) is 0 Å². The Balaban J connectivity index is 1.57. The summed E-state index contributed by atoms with van der Waals surface area (Å²) >= 11 is 6.01. The van der Waals surface area contributed by atoms with Crippen LogP contribution in [0.3, 0.4) is 0 Å². The molecule has 2 fully saturated rings. The van der Waals surface area contributed by atoms with E-state index < -0.39 is 0 Å². The molecule has 0 radical (unpaired) electrons. The monoisotopic (exact) mass is 335 g/mol. The van der Waals surface area contributed by atoms with Crippen LogP contribution in [0, 0.1) is 5.92 Å². The molecule has 1 aromatic carbocycles. The van der Waals surface area contributed by atoms with E-state index in [1.165, 1.54) is 24.8 Å². The van der Waals surface area contributed by atoms with E-state index in [-0.39, 0.29) is 5.41 Å². The highest BCUT2D eigenvalue weighted by atomic mass is 35.5. The third-order valence-electron chi connectivity index (χ3n) is 5.09. The summed E-state index contributed by atoms with van der Waals surface area (Å²) in [5, 5.41) is 4.39. The lowest BCUT2D eigenvalue weighted by Crippen LogP contribution is -2.43. The zero-order valence-electron chi connectivity index (χ0n) is 14.0. The van der Waals surface area contributed by atoms with Crippen molar-refractivity contribution in [1.29, 1.82) is 0 Å². The molecule has 1 atom stereocenters. The van der Waals surface area contributed by atoms with E-state index in [1.54, 1.807) is 7.11 Å². The Morgan fingerprint density at radius 3 is 2.74 bits per heavy atom. The Kier molecular flexibility index (Phi) is 5.12. The molecule has 1 aromatic rings. The lowest BCUT2D eigenvalue weighted by atomic mass is 9.96. The molecule has 1 aliphatic carbocycles. The molecule has 0 aromatic heterocycles. The topological polar surface area (TPSA) is 36.9 Å². The third kappa shape index (κ3) is 3.81. The van der Waals surface area contributed by atoms with Crippen LogP contribution < -0.4 is 5.32 Å². The summed E-state index contributed by atoms with van der Waals surface area (Å²) < 4.78 is 5.28. The van der Waals surface area contributed by atoms with Crippen molar-refractivity contribution in [1.82, 2.24) is 10.2 Å². The molecule has 1 unspecified atom stereocenters. The van der Waals surface area contributed by atoms with Gasteiger partial charge in [-0.1, -0.05) is 23.7 Å². The minimum absolute atomic E-state index is 0.256. The van der Waals surface area contributed by atoms with Crippen molar-refractivity contribution in [2.24, 2.45) is 10.9 Å². The van der Waals surface area contributed by atoms with Crippen LogP contribution in [-0.2, 0) is 10.2 Å². The molecule has 126 valence electrons. The molecular weight excluding hydrogens is 310 g/mol. The predicted octanol–water partition coefficient (Wildman–Crippen LogP) is 2.92. The highest BCUT2D eigenvalue weighted by molar-refractivity contribution is 6.30. The minimum atomic E-state index is 0.256. The number of rotatable bonds is 5. The Labute approximate surface area is 143 Å². The predicted molar refractivity (Wildman–Crippen MR) is 95.3 cm³/mol. The number of halogens is 1. The summed E-state index contributed by atoms with van der Waals surface area (Å²) in [7, 11) is 3.65. The van der Waals surface area contributed by atoms with Gasteiger partial charge in [0.05, 0.1) is 6.61 Å². The normalized spacial score (nSPS) is 23.2. The molecule has 1 saturated heterocycles. The highest BCUT2D eigenvalue weighted by Gasteiger charge is 2.44. The van der Waals surface area contributed by atoms with E-state index in [4.69, 9.17) is 16.3 Å². The fourth-order valence-corrected chi connectivity index (χ4v) is 3.63. The SMILES string of the molecule is CN=C(NCC1(c2ccc(Cl)cc2)CC1)N1CCC(COC)C1. The lowest BCUT2D eigenvalue weighted by molar-refractivity contribution is 0.157.